The summed E-state index contributed by atoms with van der Waals surface area (Å²) >= 11 is 0.534. The summed E-state index contributed by atoms with van der Waals surface area (Å²) in [5, 5.41) is 2.75. The summed E-state index contributed by atoms with van der Waals surface area (Å²) in [6.45, 7) is 0.639. The van der Waals surface area contributed by atoms with Crippen molar-refractivity contribution in [3.8, 4) is 0 Å². The first-order chi connectivity index (χ1) is 7.65. The molecule has 0 saturated carbocycles. The van der Waals surface area contributed by atoms with Gasteiger partial charge in [0.05, 0.1) is 0 Å². The third-order valence-corrected chi connectivity index (χ3v) is 3.28. The Balaban J connectivity index is 2.04. The van der Waals surface area contributed by atoms with Crippen LogP contribution in [0.3, 0.4) is 0 Å². The molecule has 0 aliphatic carbocycles. The van der Waals surface area contributed by atoms with Crippen molar-refractivity contribution in [3.63, 3.8) is 0 Å². The molecule has 1 aliphatic heterocycles. The molecule has 16 heavy (non-hydrogen) atoms. The number of carbonyl (C=O) groups excluding carboxylic acids is 1. The van der Waals surface area contributed by atoms with Gasteiger partial charge >= 0.3 is 0 Å². The van der Waals surface area contributed by atoms with Crippen LogP contribution in [-0.4, -0.2) is 18.2 Å². The van der Waals surface area contributed by atoms with E-state index >= 15 is 0 Å². The average Bonchev–Trinajstić information content (AvgIpc) is 2.65. The Morgan fingerprint density at radius 2 is 2.00 bits per heavy atom. The zero-order valence-corrected chi connectivity index (χ0v) is 9.27. The van der Waals surface area contributed by atoms with Gasteiger partial charge in [-0.15, -0.1) is 0 Å². The molecular formula is C11H11F2NOS. The van der Waals surface area contributed by atoms with Crippen LogP contribution in [0.1, 0.15) is 17.9 Å². The molecule has 2 rings (SSSR count). The molecular weight excluding hydrogens is 232 g/mol. The van der Waals surface area contributed by atoms with Gasteiger partial charge in [-0.2, -0.15) is 8.78 Å². The van der Waals surface area contributed by atoms with E-state index in [0.717, 1.165) is 5.56 Å². The van der Waals surface area contributed by atoms with Crippen molar-refractivity contribution in [1.82, 2.24) is 5.32 Å². The lowest BCUT2D eigenvalue weighted by atomic mass is 9.99. The second-order valence-electron chi connectivity index (χ2n) is 3.65. The monoisotopic (exact) mass is 243 g/mol. The summed E-state index contributed by atoms with van der Waals surface area (Å²) in [6.07, 6.45) is 0.487. The van der Waals surface area contributed by atoms with Crippen molar-refractivity contribution in [2.24, 2.45) is 0 Å². The minimum atomic E-state index is -2.39. The second kappa shape index (κ2) is 4.82. The number of hydrogen-bond acceptors (Lipinski definition) is 2. The molecule has 0 bridgehead atoms. The summed E-state index contributed by atoms with van der Waals surface area (Å²) in [5.41, 5.74) is 1.02. The number of thioether (sulfide) groups is 1. The van der Waals surface area contributed by atoms with E-state index in [9.17, 15) is 13.6 Å². The number of hydrogen-bond donors (Lipinski definition) is 1. The van der Waals surface area contributed by atoms with Gasteiger partial charge in [-0.3, -0.25) is 4.79 Å². The molecule has 1 unspecified atom stereocenters. The quantitative estimate of drug-likeness (QED) is 0.827. The Bertz CT molecular complexity index is 380. The second-order valence-corrected chi connectivity index (χ2v) is 4.72. The van der Waals surface area contributed by atoms with Crippen molar-refractivity contribution in [2.75, 3.05) is 6.54 Å². The van der Waals surface area contributed by atoms with Crippen LogP contribution < -0.4 is 5.32 Å². The number of alkyl halides is 2. The Morgan fingerprint density at radius 3 is 2.50 bits per heavy atom. The molecule has 5 heteroatoms. The summed E-state index contributed by atoms with van der Waals surface area (Å²) in [6, 6.07) is 6.98. The standard InChI is InChI=1S/C11H11F2NOS/c12-11(13)16-9-3-1-7(2-4-9)8-5-10(15)14-6-8/h1-4,8,11H,5-6H2,(H,14,15). The van der Waals surface area contributed by atoms with Crippen LogP contribution in [0.15, 0.2) is 29.2 Å². The van der Waals surface area contributed by atoms with Gasteiger partial charge in [-0.05, 0) is 17.7 Å². The van der Waals surface area contributed by atoms with Crippen LogP contribution in [-0.2, 0) is 4.79 Å². The highest BCUT2D eigenvalue weighted by Crippen LogP contribution is 2.28. The van der Waals surface area contributed by atoms with Crippen LogP contribution in [0, 0.1) is 0 Å². The Kier molecular flexibility index (Phi) is 3.43. The van der Waals surface area contributed by atoms with Crippen molar-refractivity contribution < 1.29 is 13.6 Å². The number of carbonyl (C=O) groups is 1. The van der Waals surface area contributed by atoms with Gasteiger partial charge in [0.25, 0.3) is 5.76 Å². The predicted octanol–water partition coefficient (Wildman–Crippen LogP) is 2.60. The molecule has 0 spiro atoms. The van der Waals surface area contributed by atoms with Crippen LogP contribution >= 0.6 is 11.8 Å². The van der Waals surface area contributed by atoms with Gasteiger partial charge in [0.1, 0.15) is 0 Å². The van der Waals surface area contributed by atoms with Crippen molar-refractivity contribution in [1.29, 1.82) is 0 Å². The average molecular weight is 243 g/mol. The van der Waals surface area contributed by atoms with Gasteiger partial charge in [0.15, 0.2) is 0 Å². The van der Waals surface area contributed by atoms with Crippen molar-refractivity contribution in [2.45, 2.75) is 23.0 Å². The zero-order chi connectivity index (χ0) is 11.5. The van der Waals surface area contributed by atoms with Crippen molar-refractivity contribution >= 4 is 17.7 Å². The fourth-order valence-electron chi connectivity index (χ4n) is 1.76. The van der Waals surface area contributed by atoms with Gasteiger partial charge < -0.3 is 5.32 Å². The third-order valence-electron chi connectivity index (χ3n) is 2.55. The number of rotatable bonds is 3. The minimum absolute atomic E-state index is 0.0519. The van der Waals surface area contributed by atoms with Crippen LogP contribution in [0.5, 0.6) is 0 Å². The summed E-state index contributed by atoms with van der Waals surface area (Å²) in [7, 11) is 0. The highest BCUT2D eigenvalue weighted by molar-refractivity contribution is 7.99. The van der Waals surface area contributed by atoms with Gasteiger partial charge in [0, 0.05) is 23.8 Å². The maximum Gasteiger partial charge on any atom is 0.288 e. The van der Waals surface area contributed by atoms with E-state index in [1.165, 1.54) is 0 Å². The Morgan fingerprint density at radius 1 is 1.31 bits per heavy atom. The van der Waals surface area contributed by atoms with Crippen LogP contribution in [0.4, 0.5) is 8.78 Å². The van der Waals surface area contributed by atoms with Crippen LogP contribution in [0.25, 0.3) is 0 Å². The van der Waals surface area contributed by atoms with E-state index in [1.54, 1.807) is 12.1 Å². The molecule has 1 amide bonds. The predicted molar refractivity (Wildman–Crippen MR) is 58.7 cm³/mol. The molecule has 0 aromatic heterocycles. The molecule has 86 valence electrons. The van der Waals surface area contributed by atoms with Crippen molar-refractivity contribution in [3.05, 3.63) is 29.8 Å². The summed E-state index contributed by atoms with van der Waals surface area (Å²) in [5.74, 6) is -2.16. The maximum absolute atomic E-state index is 12.1. The van der Waals surface area contributed by atoms with Gasteiger partial charge in [-0.25, -0.2) is 0 Å². The molecule has 1 saturated heterocycles. The molecule has 1 aromatic rings. The topological polar surface area (TPSA) is 29.1 Å². The third kappa shape index (κ3) is 2.72. The minimum Gasteiger partial charge on any atom is -0.355 e. The summed E-state index contributed by atoms with van der Waals surface area (Å²) in [4.78, 5) is 11.6. The first-order valence-corrected chi connectivity index (χ1v) is 5.84. The van der Waals surface area contributed by atoms with Gasteiger partial charge in [-0.1, -0.05) is 23.9 Å². The molecule has 1 N–H and O–H groups in total. The lowest BCUT2D eigenvalue weighted by molar-refractivity contribution is -0.119. The molecule has 1 heterocycles. The highest BCUT2D eigenvalue weighted by Gasteiger charge is 2.22. The number of halogens is 2. The first kappa shape index (κ1) is 11.4. The first-order valence-electron chi connectivity index (χ1n) is 4.96. The maximum atomic E-state index is 12.1. The van der Waals surface area contributed by atoms with E-state index in [2.05, 4.69) is 5.32 Å². The molecule has 1 aromatic carbocycles. The fraction of sp³-hybridized carbons (Fsp3) is 0.364. The van der Waals surface area contributed by atoms with E-state index in [-0.39, 0.29) is 11.8 Å². The molecule has 2 nitrogen and oxygen atoms in total. The fourth-order valence-corrected chi connectivity index (χ4v) is 2.26. The summed E-state index contributed by atoms with van der Waals surface area (Å²) < 4.78 is 24.2. The lowest BCUT2D eigenvalue weighted by Crippen LogP contribution is -2.13. The van der Waals surface area contributed by atoms with E-state index < -0.39 is 5.76 Å². The SMILES string of the molecule is O=C1CC(c2ccc(SC(F)F)cc2)CN1. The Labute approximate surface area is 96.4 Å². The van der Waals surface area contributed by atoms with E-state index in [0.29, 0.717) is 29.6 Å². The normalized spacial score (nSPS) is 20.2. The van der Waals surface area contributed by atoms with E-state index in [1.807, 2.05) is 12.1 Å². The smallest absolute Gasteiger partial charge is 0.288 e. The van der Waals surface area contributed by atoms with Crippen LogP contribution in [0.2, 0.25) is 0 Å². The lowest BCUT2D eigenvalue weighted by Gasteiger charge is -2.08. The zero-order valence-electron chi connectivity index (χ0n) is 8.45. The molecule has 1 aliphatic rings. The Hall–Kier alpha value is -1.10. The molecule has 0 radical (unpaired) electrons. The number of amides is 1. The van der Waals surface area contributed by atoms with E-state index in [4.69, 9.17) is 0 Å². The number of benzene rings is 1. The largest absolute Gasteiger partial charge is 0.355 e. The van der Waals surface area contributed by atoms with Gasteiger partial charge in [0.2, 0.25) is 5.91 Å². The molecule has 1 atom stereocenters. The molecule has 1 fully saturated rings. The number of nitrogens with one attached hydrogen (secondary N) is 1. The highest BCUT2D eigenvalue weighted by atomic mass is 32.2.